The largest absolute Gasteiger partial charge is 0.383 e. The Kier molecular flexibility index (Phi) is 7.95. The Hall–Kier alpha value is -2.67. The van der Waals surface area contributed by atoms with E-state index in [-0.39, 0.29) is 12.4 Å². The molecule has 0 aliphatic rings. The summed E-state index contributed by atoms with van der Waals surface area (Å²) in [6, 6.07) is 13.0. The highest BCUT2D eigenvalue weighted by molar-refractivity contribution is 6.18. The highest BCUT2D eigenvalue weighted by Gasteiger charge is 2.13. The van der Waals surface area contributed by atoms with Gasteiger partial charge in [-0.2, -0.15) is 0 Å². The molecule has 0 amide bonds. The molecule has 0 aliphatic carbocycles. The van der Waals surface area contributed by atoms with Crippen LogP contribution in [0.25, 0.3) is 32.6 Å². The average Bonchev–Trinajstić information content (AvgIpc) is 2.72. The van der Waals surface area contributed by atoms with E-state index in [1.807, 2.05) is 0 Å². The van der Waals surface area contributed by atoms with Crippen LogP contribution in [0.15, 0.2) is 36.4 Å². The maximum Gasteiger partial charge on any atom is 0.0805 e. The van der Waals surface area contributed by atoms with Crippen molar-refractivity contribution >= 4 is 56.4 Å². The van der Waals surface area contributed by atoms with Crippen LogP contribution in [0.1, 0.15) is 11.4 Å². The number of likely N-dealkylation sites (N-methyl/N-ethyl adjacent to an activating group) is 2. The fraction of sp³-hybridized carbons (Fsp3) is 0.385. The first-order valence-corrected chi connectivity index (χ1v) is 11.2. The number of hydrogen-bond donors (Lipinski definition) is 2. The molecule has 0 fully saturated rings. The first-order valence-electron chi connectivity index (χ1n) is 11.2. The average molecular weight is 467 g/mol. The Morgan fingerprint density at radius 2 is 1.00 bits per heavy atom. The molecule has 176 valence electrons. The molecule has 4 rings (SSSR count). The minimum Gasteiger partial charge on any atom is -0.383 e. The molecule has 0 saturated heterocycles. The number of nitrogens with zero attached hydrogens (tertiary/aromatic N) is 4. The molecular weight excluding hydrogens is 432 g/mol. The van der Waals surface area contributed by atoms with Crippen LogP contribution < -0.4 is 10.6 Å². The highest BCUT2D eigenvalue weighted by atomic mass is 35.5. The summed E-state index contributed by atoms with van der Waals surface area (Å²) >= 11 is 0. The van der Waals surface area contributed by atoms with Gasteiger partial charge in [0.25, 0.3) is 0 Å². The van der Waals surface area contributed by atoms with Crippen molar-refractivity contribution in [3.05, 3.63) is 47.8 Å². The number of anilines is 2. The van der Waals surface area contributed by atoms with Crippen LogP contribution in [0.3, 0.4) is 0 Å². The van der Waals surface area contributed by atoms with Crippen molar-refractivity contribution in [2.45, 2.75) is 13.8 Å². The maximum atomic E-state index is 4.93. The minimum absolute atomic E-state index is 0. The van der Waals surface area contributed by atoms with E-state index in [0.717, 1.165) is 81.5 Å². The number of benzene rings is 2. The molecule has 0 radical (unpaired) electrons. The molecule has 0 saturated carbocycles. The third kappa shape index (κ3) is 5.46. The van der Waals surface area contributed by atoms with Gasteiger partial charge in [0.2, 0.25) is 0 Å². The number of aryl methyl sites for hydroxylation is 2. The predicted molar refractivity (Wildman–Crippen MR) is 145 cm³/mol. The van der Waals surface area contributed by atoms with E-state index in [2.05, 4.69) is 98.9 Å². The Morgan fingerprint density at radius 3 is 1.36 bits per heavy atom. The van der Waals surface area contributed by atoms with E-state index in [1.165, 1.54) is 0 Å². The summed E-state index contributed by atoms with van der Waals surface area (Å²) in [4.78, 5) is 14.2. The monoisotopic (exact) mass is 466 g/mol. The van der Waals surface area contributed by atoms with E-state index < -0.39 is 0 Å². The van der Waals surface area contributed by atoms with Crippen LogP contribution in [0, 0.1) is 13.8 Å². The second kappa shape index (κ2) is 10.5. The molecule has 7 heteroatoms. The first kappa shape index (κ1) is 25.0. The van der Waals surface area contributed by atoms with E-state index >= 15 is 0 Å². The molecule has 2 heterocycles. The van der Waals surface area contributed by atoms with E-state index in [9.17, 15) is 0 Å². The van der Waals surface area contributed by atoms with Gasteiger partial charge in [-0.3, -0.25) is 9.97 Å². The zero-order valence-corrected chi connectivity index (χ0v) is 21.3. The lowest BCUT2D eigenvalue weighted by atomic mass is 10.0. The van der Waals surface area contributed by atoms with Gasteiger partial charge in [0.15, 0.2) is 0 Å². The number of pyridine rings is 2. The predicted octanol–water partition coefficient (Wildman–Crippen LogP) is 4.92. The molecule has 33 heavy (non-hydrogen) atoms. The zero-order chi connectivity index (χ0) is 22.8. The molecule has 2 aromatic carbocycles. The number of rotatable bonds is 8. The third-order valence-corrected chi connectivity index (χ3v) is 5.76. The number of halogens is 1. The van der Waals surface area contributed by atoms with Crippen LogP contribution >= 0.6 is 12.4 Å². The van der Waals surface area contributed by atoms with Gasteiger partial charge in [0.05, 0.1) is 11.0 Å². The molecule has 2 aromatic heterocycles. The maximum absolute atomic E-state index is 4.93. The van der Waals surface area contributed by atoms with Crippen molar-refractivity contribution in [2.24, 2.45) is 0 Å². The number of hydrogen-bond acceptors (Lipinski definition) is 6. The molecule has 0 aliphatic heterocycles. The van der Waals surface area contributed by atoms with E-state index in [4.69, 9.17) is 9.97 Å². The summed E-state index contributed by atoms with van der Waals surface area (Å²) in [5, 5.41) is 11.8. The standard InChI is InChI=1S/C26H34N6.ClH/c1-17-15-23(27-11-13-31(3)4)21-9-8-20-19(25(21)29-17)7-10-22-24(28-12-14-32(5)6)16-18(2)30-26(20)22;/h7-10,15-16H,11-14H2,1-6H3,(H,27,29)(H,28,30);1H. The molecule has 6 nitrogen and oxygen atoms in total. The van der Waals surface area contributed by atoms with Gasteiger partial charge in [-0.25, -0.2) is 0 Å². The van der Waals surface area contributed by atoms with Gasteiger partial charge in [-0.1, -0.05) is 24.3 Å². The summed E-state index contributed by atoms with van der Waals surface area (Å²) in [6.45, 7) is 7.87. The summed E-state index contributed by atoms with van der Waals surface area (Å²) in [5.74, 6) is 0. The van der Waals surface area contributed by atoms with Crippen LogP contribution in [-0.2, 0) is 0 Å². The van der Waals surface area contributed by atoms with Crippen LogP contribution in [0.4, 0.5) is 11.4 Å². The topological polar surface area (TPSA) is 56.3 Å². The molecule has 2 N–H and O–H groups in total. The number of aromatic nitrogens is 2. The zero-order valence-electron chi connectivity index (χ0n) is 20.5. The Labute approximate surface area is 202 Å². The number of nitrogens with one attached hydrogen (secondary N) is 2. The van der Waals surface area contributed by atoms with Crippen molar-refractivity contribution in [3.63, 3.8) is 0 Å². The third-order valence-electron chi connectivity index (χ3n) is 5.76. The van der Waals surface area contributed by atoms with Gasteiger partial charge >= 0.3 is 0 Å². The first-order chi connectivity index (χ1) is 15.3. The molecular formula is C26H35ClN6. The molecule has 0 bridgehead atoms. The van der Waals surface area contributed by atoms with Crippen molar-refractivity contribution in [1.82, 2.24) is 19.8 Å². The Balaban J connectivity index is 0.00000306. The van der Waals surface area contributed by atoms with Gasteiger partial charge in [0.1, 0.15) is 0 Å². The van der Waals surface area contributed by atoms with Crippen molar-refractivity contribution < 1.29 is 0 Å². The lowest BCUT2D eigenvalue weighted by Gasteiger charge is -2.16. The van der Waals surface area contributed by atoms with Gasteiger partial charge in [-0.05, 0) is 54.2 Å². The smallest absolute Gasteiger partial charge is 0.0805 e. The summed E-state index contributed by atoms with van der Waals surface area (Å²) < 4.78 is 0. The summed E-state index contributed by atoms with van der Waals surface area (Å²) in [7, 11) is 8.37. The highest BCUT2D eigenvalue weighted by Crippen LogP contribution is 2.35. The second-order valence-electron chi connectivity index (χ2n) is 9.10. The van der Waals surface area contributed by atoms with Crippen molar-refractivity contribution in [2.75, 3.05) is 65.0 Å². The van der Waals surface area contributed by atoms with Crippen molar-refractivity contribution in [1.29, 1.82) is 0 Å². The number of fused-ring (bicyclic) bond motifs is 5. The van der Waals surface area contributed by atoms with Crippen LogP contribution in [-0.4, -0.2) is 74.1 Å². The van der Waals surface area contributed by atoms with Gasteiger partial charge in [-0.15, -0.1) is 12.4 Å². The van der Waals surface area contributed by atoms with Crippen LogP contribution in [0.2, 0.25) is 0 Å². The molecule has 0 unspecified atom stereocenters. The fourth-order valence-corrected chi connectivity index (χ4v) is 4.16. The Morgan fingerprint density at radius 1 is 0.636 bits per heavy atom. The SMILES string of the molecule is Cc1cc(NCCN(C)C)c2ccc3c(ccc4c(NCCN(C)C)cc(C)nc43)c2n1.Cl. The Bertz CT molecular complexity index is 1170. The fourth-order valence-electron chi connectivity index (χ4n) is 4.16. The minimum atomic E-state index is 0. The molecule has 0 atom stereocenters. The quantitative estimate of drug-likeness (QED) is 0.359. The van der Waals surface area contributed by atoms with E-state index in [0.29, 0.717) is 0 Å². The van der Waals surface area contributed by atoms with Gasteiger partial charge < -0.3 is 20.4 Å². The normalized spacial score (nSPS) is 11.5. The van der Waals surface area contributed by atoms with Gasteiger partial charge in [0, 0.05) is 70.5 Å². The summed E-state index contributed by atoms with van der Waals surface area (Å²) in [6.07, 6.45) is 0. The lowest BCUT2D eigenvalue weighted by molar-refractivity contribution is 0.425. The second-order valence-corrected chi connectivity index (χ2v) is 9.10. The summed E-state index contributed by atoms with van der Waals surface area (Å²) in [5.41, 5.74) is 6.37. The molecule has 0 spiro atoms. The van der Waals surface area contributed by atoms with E-state index in [1.54, 1.807) is 0 Å². The van der Waals surface area contributed by atoms with Crippen LogP contribution in [0.5, 0.6) is 0 Å². The molecule has 4 aromatic rings. The van der Waals surface area contributed by atoms with Crippen molar-refractivity contribution in [3.8, 4) is 0 Å². The lowest BCUT2D eigenvalue weighted by Crippen LogP contribution is -2.21.